The molecule has 0 aliphatic carbocycles. The van der Waals surface area contributed by atoms with Gasteiger partial charge in [0.2, 0.25) is 10.0 Å². The minimum atomic E-state index is -3.63. The fraction of sp³-hybridized carbons (Fsp3) is 0.556. The number of rotatable bonds is 7. The number of piperidine rings is 1. The van der Waals surface area contributed by atoms with E-state index in [1.807, 2.05) is 25.5 Å². The second-order valence-corrected chi connectivity index (χ2v) is 8.41. The van der Waals surface area contributed by atoms with Crippen molar-refractivity contribution >= 4 is 10.0 Å². The topological polar surface area (TPSA) is 86.6 Å². The average molecular weight is 394 g/mol. The van der Waals surface area contributed by atoms with Crippen LogP contribution in [0.4, 0.5) is 0 Å². The van der Waals surface area contributed by atoms with Gasteiger partial charge in [-0.1, -0.05) is 0 Å². The number of benzene rings is 1. The molecular formula is C18H26N4O4S. The number of aryl methyl sites for hydroxylation is 1. The molecule has 1 atom stereocenters. The lowest BCUT2D eigenvalue weighted by atomic mass is 9.99. The maximum atomic E-state index is 13.2. The van der Waals surface area contributed by atoms with Crippen LogP contribution < -0.4 is 9.47 Å². The van der Waals surface area contributed by atoms with Gasteiger partial charge >= 0.3 is 0 Å². The fourth-order valence-electron chi connectivity index (χ4n) is 3.37. The smallest absolute Gasteiger partial charge is 0.243 e. The first-order valence-electron chi connectivity index (χ1n) is 9.21. The van der Waals surface area contributed by atoms with E-state index in [-0.39, 0.29) is 10.8 Å². The van der Waals surface area contributed by atoms with Crippen LogP contribution in [-0.2, 0) is 17.1 Å². The van der Waals surface area contributed by atoms with Crippen LogP contribution in [0.2, 0.25) is 0 Å². The van der Waals surface area contributed by atoms with Gasteiger partial charge in [-0.2, -0.15) is 4.31 Å². The summed E-state index contributed by atoms with van der Waals surface area (Å²) in [4.78, 5) is 0.216. The molecular weight excluding hydrogens is 368 g/mol. The molecule has 1 saturated heterocycles. The van der Waals surface area contributed by atoms with Gasteiger partial charge in [0.15, 0.2) is 11.5 Å². The van der Waals surface area contributed by atoms with Crippen molar-refractivity contribution in [1.29, 1.82) is 0 Å². The van der Waals surface area contributed by atoms with Crippen molar-refractivity contribution in [3.05, 3.63) is 30.4 Å². The van der Waals surface area contributed by atoms with E-state index >= 15 is 0 Å². The van der Waals surface area contributed by atoms with Crippen LogP contribution in [-0.4, -0.2) is 53.8 Å². The zero-order valence-electron chi connectivity index (χ0n) is 16.0. The van der Waals surface area contributed by atoms with Crippen molar-refractivity contribution in [1.82, 2.24) is 19.1 Å². The van der Waals surface area contributed by atoms with Gasteiger partial charge in [0, 0.05) is 32.1 Å². The monoisotopic (exact) mass is 394 g/mol. The SMILES string of the molecule is CCOc1ccc(S(=O)(=O)N2CCCC(c3nncn3C)C2)cc1OCC. The van der Waals surface area contributed by atoms with Crippen LogP contribution in [0, 0.1) is 0 Å². The molecule has 27 heavy (non-hydrogen) atoms. The summed E-state index contributed by atoms with van der Waals surface area (Å²) in [6.07, 6.45) is 3.32. The third kappa shape index (κ3) is 4.08. The first-order chi connectivity index (χ1) is 13.0. The zero-order valence-corrected chi connectivity index (χ0v) is 16.8. The molecule has 8 nitrogen and oxygen atoms in total. The van der Waals surface area contributed by atoms with Crippen molar-refractivity contribution in [2.45, 2.75) is 37.5 Å². The number of nitrogens with zero attached hydrogens (tertiary/aromatic N) is 4. The summed E-state index contributed by atoms with van der Waals surface area (Å²) in [5, 5.41) is 8.07. The molecule has 1 aliphatic heterocycles. The van der Waals surface area contributed by atoms with Crippen molar-refractivity contribution in [2.24, 2.45) is 7.05 Å². The molecule has 1 unspecified atom stereocenters. The van der Waals surface area contributed by atoms with Gasteiger partial charge in [0.1, 0.15) is 12.2 Å². The Balaban J connectivity index is 1.87. The lowest BCUT2D eigenvalue weighted by Gasteiger charge is -2.31. The maximum absolute atomic E-state index is 13.2. The summed E-state index contributed by atoms with van der Waals surface area (Å²) in [5.74, 6) is 1.85. The van der Waals surface area contributed by atoms with Crippen molar-refractivity contribution < 1.29 is 17.9 Å². The molecule has 148 valence electrons. The minimum Gasteiger partial charge on any atom is -0.490 e. The molecule has 0 amide bonds. The van der Waals surface area contributed by atoms with E-state index in [1.165, 1.54) is 4.31 Å². The highest BCUT2D eigenvalue weighted by Gasteiger charge is 2.33. The summed E-state index contributed by atoms with van der Waals surface area (Å²) in [7, 11) is -1.75. The molecule has 0 N–H and O–H groups in total. The molecule has 1 fully saturated rings. The highest BCUT2D eigenvalue weighted by molar-refractivity contribution is 7.89. The molecule has 0 saturated carbocycles. The number of sulfonamides is 1. The minimum absolute atomic E-state index is 0.0371. The number of ether oxygens (including phenoxy) is 2. The molecule has 2 heterocycles. The second-order valence-electron chi connectivity index (χ2n) is 6.48. The molecule has 0 radical (unpaired) electrons. The largest absolute Gasteiger partial charge is 0.490 e. The predicted molar refractivity (Wildman–Crippen MR) is 101 cm³/mol. The predicted octanol–water partition coefficient (Wildman–Crippen LogP) is 2.18. The lowest BCUT2D eigenvalue weighted by Crippen LogP contribution is -2.39. The molecule has 2 aromatic rings. The van der Waals surface area contributed by atoms with E-state index < -0.39 is 10.0 Å². The van der Waals surface area contributed by atoms with Gasteiger partial charge in [-0.25, -0.2) is 8.42 Å². The Labute approximate surface area is 160 Å². The second kappa shape index (κ2) is 8.26. The zero-order chi connectivity index (χ0) is 19.4. The first-order valence-corrected chi connectivity index (χ1v) is 10.6. The highest BCUT2D eigenvalue weighted by atomic mass is 32.2. The normalized spacial score (nSPS) is 18.4. The van der Waals surface area contributed by atoms with E-state index in [4.69, 9.17) is 9.47 Å². The Morgan fingerprint density at radius 2 is 1.93 bits per heavy atom. The first kappa shape index (κ1) is 19.6. The molecule has 9 heteroatoms. The summed E-state index contributed by atoms with van der Waals surface area (Å²) in [5.41, 5.74) is 0. The van der Waals surface area contributed by atoms with Crippen LogP contribution in [0.5, 0.6) is 11.5 Å². The van der Waals surface area contributed by atoms with Crippen LogP contribution >= 0.6 is 0 Å². The summed E-state index contributed by atoms with van der Waals surface area (Å²) in [6, 6.07) is 4.79. The van der Waals surface area contributed by atoms with Gasteiger partial charge in [-0.15, -0.1) is 10.2 Å². The van der Waals surface area contributed by atoms with Gasteiger partial charge in [0.25, 0.3) is 0 Å². The third-order valence-corrected chi connectivity index (χ3v) is 6.51. The van der Waals surface area contributed by atoms with Crippen LogP contribution in [0.25, 0.3) is 0 Å². The van der Waals surface area contributed by atoms with Crippen molar-refractivity contribution in [3.63, 3.8) is 0 Å². The molecule has 0 bridgehead atoms. The number of hydrogen-bond donors (Lipinski definition) is 0. The fourth-order valence-corrected chi connectivity index (χ4v) is 4.91. The summed E-state index contributed by atoms with van der Waals surface area (Å²) < 4.78 is 40.9. The van der Waals surface area contributed by atoms with E-state index in [9.17, 15) is 8.42 Å². The molecule has 3 rings (SSSR count). The van der Waals surface area contributed by atoms with E-state index in [0.29, 0.717) is 37.8 Å². The van der Waals surface area contributed by atoms with Crippen LogP contribution in [0.1, 0.15) is 38.4 Å². The maximum Gasteiger partial charge on any atom is 0.243 e. The van der Waals surface area contributed by atoms with E-state index in [2.05, 4.69) is 10.2 Å². The van der Waals surface area contributed by atoms with Gasteiger partial charge < -0.3 is 14.0 Å². The summed E-state index contributed by atoms with van der Waals surface area (Å²) in [6.45, 7) is 5.53. The van der Waals surface area contributed by atoms with Gasteiger partial charge in [-0.3, -0.25) is 0 Å². The average Bonchev–Trinajstić information content (AvgIpc) is 3.09. The Kier molecular flexibility index (Phi) is 6.01. The van der Waals surface area contributed by atoms with E-state index in [0.717, 1.165) is 18.7 Å². The number of aromatic nitrogens is 3. The highest BCUT2D eigenvalue weighted by Crippen LogP contribution is 2.34. The molecule has 1 aromatic heterocycles. The van der Waals surface area contributed by atoms with Crippen LogP contribution in [0.15, 0.2) is 29.4 Å². The Bertz CT molecular complexity index is 881. The lowest BCUT2D eigenvalue weighted by molar-refractivity contribution is 0.286. The van der Waals surface area contributed by atoms with E-state index in [1.54, 1.807) is 24.5 Å². The molecule has 0 spiro atoms. The molecule has 1 aliphatic rings. The Hall–Kier alpha value is -2.13. The standard InChI is InChI=1S/C18H26N4O4S/c1-4-25-16-9-8-15(11-17(16)26-5-2)27(23,24)22-10-6-7-14(12-22)18-20-19-13-21(18)3/h8-9,11,13-14H,4-7,10,12H2,1-3H3. The van der Waals surface area contributed by atoms with Gasteiger partial charge in [-0.05, 0) is 38.8 Å². The van der Waals surface area contributed by atoms with Crippen molar-refractivity contribution in [3.8, 4) is 11.5 Å². The number of hydrogen-bond acceptors (Lipinski definition) is 6. The Morgan fingerprint density at radius 1 is 1.19 bits per heavy atom. The van der Waals surface area contributed by atoms with Gasteiger partial charge in [0.05, 0.1) is 18.1 Å². The Morgan fingerprint density at radius 3 is 2.59 bits per heavy atom. The molecule has 1 aromatic carbocycles. The quantitative estimate of drug-likeness (QED) is 0.715. The summed E-state index contributed by atoms with van der Waals surface area (Å²) >= 11 is 0. The van der Waals surface area contributed by atoms with Crippen LogP contribution in [0.3, 0.4) is 0 Å². The van der Waals surface area contributed by atoms with Crippen molar-refractivity contribution in [2.75, 3.05) is 26.3 Å². The third-order valence-electron chi connectivity index (χ3n) is 4.65.